The summed E-state index contributed by atoms with van der Waals surface area (Å²) in [5, 5.41) is 5.95. The lowest BCUT2D eigenvalue weighted by atomic mass is 10.2. The van der Waals surface area contributed by atoms with E-state index in [-0.39, 0.29) is 4.90 Å². The summed E-state index contributed by atoms with van der Waals surface area (Å²) in [4.78, 5) is 9.83. The maximum absolute atomic E-state index is 11.7. The van der Waals surface area contributed by atoms with Crippen molar-refractivity contribution in [3.05, 3.63) is 46.9 Å². The second-order valence-electron chi connectivity index (χ2n) is 4.61. The number of hydrogen-bond acceptors (Lipinski definition) is 6. The molecular formula is C14H13N3O2S2. The summed E-state index contributed by atoms with van der Waals surface area (Å²) in [6.45, 7) is 0.646. The maximum atomic E-state index is 11.7. The molecule has 0 radical (unpaired) electrons. The Morgan fingerprint density at radius 2 is 2.10 bits per heavy atom. The van der Waals surface area contributed by atoms with Crippen molar-refractivity contribution in [2.75, 3.05) is 11.6 Å². The summed E-state index contributed by atoms with van der Waals surface area (Å²) in [6, 6.07) is 8.89. The molecule has 1 aromatic carbocycles. The highest BCUT2D eigenvalue weighted by molar-refractivity contribution is 7.90. The lowest BCUT2D eigenvalue weighted by molar-refractivity contribution is 0.602. The van der Waals surface area contributed by atoms with Crippen LogP contribution >= 0.6 is 11.3 Å². The second-order valence-corrected chi connectivity index (χ2v) is 7.65. The number of sulfone groups is 1. The molecule has 1 N–H and O–H groups in total. The van der Waals surface area contributed by atoms with Crippen LogP contribution in [0.3, 0.4) is 0 Å². The monoisotopic (exact) mass is 319 g/mol. The Morgan fingerprint density at radius 1 is 1.24 bits per heavy atom. The van der Waals surface area contributed by atoms with Crippen LogP contribution < -0.4 is 5.32 Å². The molecule has 3 aromatic rings. The van der Waals surface area contributed by atoms with Crippen molar-refractivity contribution < 1.29 is 8.42 Å². The molecule has 0 amide bonds. The first-order valence-electron chi connectivity index (χ1n) is 6.25. The molecule has 2 heterocycles. The van der Waals surface area contributed by atoms with Crippen LogP contribution in [0.2, 0.25) is 0 Å². The Hall–Kier alpha value is -1.99. The van der Waals surface area contributed by atoms with E-state index in [0.29, 0.717) is 23.3 Å². The quantitative estimate of drug-likeness (QED) is 0.800. The predicted octanol–water partition coefficient (Wildman–Crippen LogP) is 2.71. The number of benzene rings is 1. The number of thiophene rings is 1. The number of anilines is 1. The van der Waals surface area contributed by atoms with Gasteiger partial charge < -0.3 is 5.32 Å². The van der Waals surface area contributed by atoms with Gasteiger partial charge in [0.15, 0.2) is 9.84 Å². The minimum atomic E-state index is -3.25. The van der Waals surface area contributed by atoms with E-state index < -0.39 is 9.84 Å². The molecule has 2 aromatic heterocycles. The Morgan fingerprint density at radius 3 is 2.81 bits per heavy atom. The first kappa shape index (κ1) is 14.0. The standard InChI is InChI=1S/C14H13N3O2S2/c1-21(18,19)11-4-5-13-12(7-11)14(17-9-16-13)15-8-10-3-2-6-20-10/h2-7,9H,8H2,1H3,(H,15,16,17). The van der Waals surface area contributed by atoms with Crippen molar-refractivity contribution in [2.45, 2.75) is 11.4 Å². The van der Waals surface area contributed by atoms with Gasteiger partial charge in [-0.05, 0) is 29.6 Å². The van der Waals surface area contributed by atoms with E-state index in [1.807, 2.05) is 17.5 Å². The van der Waals surface area contributed by atoms with Gasteiger partial charge in [-0.1, -0.05) is 6.07 Å². The number of nitrogens with one attached hydrogen (secondary N) is 1. The summed E-state index contributed by atoms with van der Waals surface area (Å²) in [5.74, 6) is 0.638. The first-order chi connectivity index (χ1) is 10.0. The zero-order valence-corrected chi connectivity index (χ0v) is 12.9. The molecule has 0 aliphatic rings. The Kier molecular flexibility index (Phi) is 3.60. The first-order valence-corrected chi connectivity index (χ1v) is 9.02. The van der Waals surface area contributed by atoms with Crippen LogP contribution in [0.4, 0.5) is 5.82 Å². The second kappa shape index (κ2) is 5.42. The van der Waals surface area contributed by atoms with Crippen molar-refractivity contribution in [3.8, 4) is 0 Å². The van der Waals surface area contributed by atoms with E-state index >= 15 is 0 Å². The minimum Gasteiger partial charge on any atom is -0.365 e. The van der Waals surface area contributed by atoms with Gasteiger partial charge in [-0.15, -0.1) is 11.3 Å². The van der Waals surface area contributed by atoms with Crippen LogP contribution in [0, 0.1) is 0 Å². The molecule has 0 unspecified atom stereocenters. The van der Waals surface area contributed by atoms with Gasteiger partial charge in [0.2, 0.25) is 0 Å². The van der Waals surface area contributed by atoms with Crippen molar-refractivity contribution >= 4 is 37.9 Å². The number of hydrogen-bond donors (Lipinski definition) is 1. The van der Waals surface area contributed by atoms with Gasteiger partial charge in [0.1, 0.15) is 12.1 Å². The lowest BCUT2D eigenvalue weighted by Gasteiger charge is -2.08. The molecule has 7 heteroatoms. The van der Waals surface area contributed by atoms with Gasteiger partial charge in [0.25, 0.3) is 0 Å². The SMILES string of the molecule is CS(=O)(=O)c1ccc2ncnc(NCc3cccs3)c2c1. The minimum absolute atomic E-state index is 0.268. The Labute approximate surface area is 126 Å². The fourth-order valence-electron chi connectivity index (χ4n) is 1.99. The predicted molar refractivity (Wildman–Crippen MR) is 84.3 cm³/mol. The summed E-state index contributed by atoms with van der Waals surface area (Å²) in [5.41, 5.74) is 0.714. The number of nitrogens with zero attached hydrogens (tertiary/aromatic N) is 2. The molecule has 0 atom stereocenters. The summed E-state index contributed by atoms with van der Waals surface area (Å²) < 4.78 is 23.3. The lowest BCUT2D eigenvalue weighted by Crippen LogP contribution is -2.02. The molecule has 3 rings (SSSR count). The Balaban J connectivity index is 2.01. The summed E-state index contributed by atoms with van der Waals surface area (Å²) in [7, 11) is -3.25. The number of fused-ring (bicyclic) bond motifs is 1. The average Bonchev–Trinajstić information content (AvgIpc) is 2.96. The molecule has 0 bridgehead atoms. The van der Waals surface area contributed by atoms with E-state index in [2.05, 4.69) is 15.3 Å². The van der Waals surface area contributed by atoms with Crippen molar-refractivity contribution in [3.63, 3.8) is 0 Å². The highest BCUT2D eigenvalue weighted by atomic mass is 32.2. The molecular weight excluding hydrogens is 306 g/mol. The molecule has 0 saturated carbocycles. The Bertz CT molecular complexity index is 874. The maximum Gasteiger partial charge on any atom is 0.175 e. The van der Waals surface area contributed by atoms with Gasteiger partial charge in [-0.25, -0.2) is 18.4 Å². The molecule has 0 fully saturated rings. The fourth-order valence-corrected chi connectivity index (χ4v) is 3.28. The van der Waals surface area contributed by atoms with Crippen LogP contribution in [0.5, 0.6) is 0 Å². The molecule has 0 spiro atoms. The topological polar surface area (TPSA) is 72.0 Å². The molecule has 108 valence electrons. The molecule has 0 aliphatic carbocycles. The van der Waals surface area contributed by atoms with Gasteiger partial charge in [-0.2, -0.15) is 0 Å². The third-order valence-corrected chi connectivity index (χ3v) is 5.03. The molecule has 0 saturated heterocycles. The average molecular weight is 319 g/mol. The van der Waals surface area contributed by atoms with Crippen LogP contribution in [0.25, 0.3) is 10.9 Å². The number of aromatic nitrogens is 2. The van der Waals surface area contributed by atoms with Gasteiger partial charge in [0.05, 0.1) is 17.0 Å². The van der Waals surface area contributed by atoms with E-state index in [1.54, 1.807) is 29.5 Å². The van der Waals surface area contributed by atoms with E-state index in [9.17, 15) is 8.42 Å². The highest BCUT2D eigenvalue weighted by Crippen LogP contribution is 2.23. The fraction of sp³-hybridized carbons (Fsp3) is 0.143. The summed E-state index contributed by atoms with van der Waals surface area (Å²) in [6.07, 6.45) is 2.66. The third-order valence-electron chi connectivity index (χ3n) is 3.05. The summed E-state index contributed by atoms with van der Waals surface area (Å²) >= 11 is 1.65. The van der Waals surface area contributed by atoms with Crippen LogP contribution in [-0.2, 0) is 16.4 Å². The smallest absolute Gasteiger partial charge is 0.175 e. The van der Waals surface area contributed by atoms with Gasteiger partial charge in [-0.3, -0.25) is 0 Å². The van der Waals surface area contributed by atoms with Gasteiger partial charge >= 0.3 is 0 Å². The van der Waals surface area contributed by atoms with Gasteiger partial charge in [0, 0.05) is 16.5 Å². The van der Waals surface area contributed by atoms with Crippen molar-refractivity contribution in [1.82, 2.24) is 9.97 Å². The molecule has 5 nitrogen and oxygen atoms in total. The van der Waals surface area contributed by atoms with Crippen molar-refractivity contribution in [1.29, 1.82) is 0 Å². The molecule has 21 heavy (non-hydrogen) atoms. The van der Waals surface area contributed by atoms with Crippen LogP contribution in [0.15, 0.2) is 46.9 Å². The van der Waals surface area contributed by atoms with E-state index in [4.69, 9.17) is 0 Å². The molecule has 0 aliphatic heterocycles. The van der Waals surface area contributed by atoms with Crippen molar-refractivity contribution in [2.24, 2.45) is 0 Å². The number of rotatable bonds is 4. The zero-order chi connectivity index (χ0) is 14.9. The zero-order valence-electron chi connectivity index (χ0n) is 11.3. The largest absolute Gasteiger partial charge is 0.365 e. The van der Waals surface area contributed by atoms with Crippen LogP contribution in [-0.4, -0.2) is 24.6 Å². The van der Waals surface area contributed by atoms with E-state index in [0.717, 1.165) is 0 Å². The third kappa shape index (κ3) is 3.03. The van der Waals surface area contributed by atoms with Crippen LogP contribution in [0.1, 0.15) is 4.88 Å². The normalized spacial score (nSPS) is 11.7. The van der Waals surface area contributed by atoms with E-state index in [1.165, 1.54) is 17.5 Å². The highest BCUT2D eigenvalue weighted by Gasteiger charge is 2.11.